The number of nitrogens with zero attached hydrogens (tertiary/aromatic N) is 1. The van der Waals surface area contributed by atoms with Crippen LogP contribution in [0.2, 0.25) is 0 Å². The maximum Gasteiger partial charge on any atom is 0.151 e. The van der Waals surface area contributed by atoms with Crippen LogP contribution in [0.4, 0.5) is 0 Å². The monoisotopic (exact) mass is 311 g/mol. The average molecular weight is 312 g/mol. The number of halogens is 1. The molecule has 3 nitrogen and oxygen atoms in total. The van der Waals surface area contributed by atoms with E-state index in [1.807, 2.05) is 7.05 Å². The predicted molar refractivity (Wildman–Crippen MR) is 71.9 cm³/mol. The fourth-order valence-corrected chi connectivity index (χ4v) is 4.00. The molecule has 1 fully saturated rings. The zero-order valence-electron chi connectivity index (χ0n) is 10.2. The van der Waals surface area contributed by atoms with Crippen LogP contribution in [0.3, 0.4) is 0 Å². The minimum Gasteiger partial charge on any atom is -0.301 e. The molecule has 0 heterocycles. The molecule has 0 aromatic rings. The molecule has 1 aliphatic carbocycles. The SMILES string of the molecule is CCS(=O)(=O)CCN(C)C1CCCCC1Br. The molecule has 16 heavy (non-hydrogen) atoms. The molecule has 0 aromatic heterocycles. The second kappa shape index (κ2) is 6.36. The van der Waals surface area contributed by atoms with Gasteiger partial charge in [0, 0.05) is 23.2 Å². The first-order valence-corrected chi connectivity index (χ1v) is 8.74. The highest BCUT2D eigenvalue weighted by molar-refractivity contribution is 9.09. The summed E-state index contributed by atoms with van der Waals surface area (Å²) in [7, 11) is -0.791. The third-order valence-corrected chi connectivity index (χ3v) is 6.16. The fourth-order valence-electron chi connectivity index (χ4n) is 2.16. The van der Waals surface area contributed by atoms with Gasteiger partial charge in [0.25, 0.3) is 0 Å². The lowest BCUT2D eigenvalue weighted by atomic mass is 9.94. The lowest BCUT2D eigenvalue weighted by Crippen LogP contribution is -2.42. The van der Waals surface area contributed by atoms with Crippen molar-refractivity contribution in [2.45, 2.75) is 43.5 Å². The van der Waals surface area contributed by atoms with Crippen molar-refractivity contribution in [2.24, 2.45) is 0 Å². The van der Waals surface area contributed by atoms with Gasteiger partial charge in [-0.3, -0.25) is 0 Å². The van der Waals surface area contributed by atoms with Gasteiger partial charge < -0.3 is 4.90 Å². The molecule has 1 rings (SSSR count). The Kier molecular flexibility index (Phi) is 5.74. The predicted octanol–water partition coefficient (Wildman–Crippen LogP) is 2.06. The Morgan fingerprint density at radius 1 is 1.31 bits per heavy atom. The molecule has 0 saturated heterocycles. The van der Waals surface area contributed by atoms with Crippen LogP contribution >= 0.6 is 15.9 Å². The van der Waals surface area contributed by atoms with Gasteiger partial charge in [-0.2, -0.15) is 0 Å². The molecule has 0 N–H and O–H groups in total. The lowest BCUT2D eigenvalue weighted by molar-refractivity contribution is 0.210. The highest BCUT2D eigenvalue weighted by atomic mass is 79.9. The topological polar surface area (TPSA) is 37.4 Å². The second-order valence-electron chi connectivity index (χ2n) is 4.58. The smallest absolute Gasteiger partial charge is 0.151 e. The van der Waals surface area contributed by atoms with Gasteiger partial charge in [-0.25, -0.2) is 8.42 Å². The van der Waals surface area contributed by atoms with Crippen LogP contribution < -0.4 is 0 Å². The van der Waals surface area contributed by atoms with Gasteiger partial charge in [-0.15, -0.1) is 0 Å². The molecule has 1 aliphatic rings. The van der Waals surface area contributed by atoms with Crippen molar-refractivity contribution in [2.75, 3.05) is 25.1 Å². The van der Waals surface area contributed by atoms with Gasteiger partial charge in [0.1, 0.15) is 0 Å². The third-order valence-electron chi connectivity index (χ3n) is 3.41. The number of hydrogen-bond acceptors (Lipinski definition) is 3. The molecule has 0 aliphatic heterocycles. The summed E-state index contributed by atoms with van der Waals surface area (Å²) in [5.74, 6) is 0.541. The summed E-state index contributed by atoms with van der Waals surface area (Å²) in [6.07, 6.45) is 4.93. The van der Waals surface area contributed by atoms with E-state index >= 15 is 0 Å². The molecule has 0 aromatic carbocycles. The first-order valence-electron chi connectivity index (χ1n) is 6.01. The Labute approximate surface area is 108 Å². The third kappa shape index (κ3) is 4.34. The molecular weight excluding hydrogens is 290 g/mol. The summed E-state index contributed by atoms with van der Waals surface area (Å²) in [6.45, 7) is 2.37. The van der Waals surface area contributed by atoms with E-state index in [2.05, 4.69) is 20.8 Å². The number of sulfone groups is 1. The van der Waals surface area contributed by atoms with Crippen molar-refractivity contribution in [1.29, 1.82) is 0 Å². The van der Waals surface area contributed by atoms with E-state index in [1.165, 1.54) is 25.7 Å². The van der Waals surface area contributed by atoms with E-state index in [0.717, 1.165) is 0 Å². The van der Waals surface area contributed by atoms with E-state index in [4.69, 9.17) is 0 Å². The lowest BCUT2D eigenvalue weighted by Gasteiger charge is -2.35. The standard InChI is InChI=1S/C11H22BrNO2S/c1-3-16(14,15)9-8-13(2)11-7-5-4-6-10(11)12/h10-11H,3-9H2,1-2H3. The summed E-state index contributed by atoms with van der Waals surface area (Å²) in [6, 6.07) is 0.501. The molecule has 2 atom stereocenters. The largest absolute Gasteiger partial charge is 0.301 e. The van der Waals surface area contributed by atoms with Gasteiger partial charge in [-0.05, 0) is 19.9 Å². The van der Waals surface area contributed by atoms with Crippen molar-refractivity contribution >= 4 is 25.8 Å². The van der Waals surface area contributed by atoms with Crippen molar-refractivity contribution < 1.29 is 8.42 Å². The van der Waals surface area contributed by atoms with Crippen LogP contribution in [0, 0.1) is 0 Å². The van der Waals surface area contributed by atoms with Gasteiger partial charge in [0.2, 0.25) is 0 Å². The van der Waals surface area contributed by atoms with Crippen LogP contribution in [-0.2, 0) is 9.84 Å². The zero-order valence-corrected chi connectivity index (χ0v) is 12.6. The van der Waals surface area contributed by atoms with E-state index < -0.39 is 9.84 Å². The van der Waals surface area contributed by atoms with Crippen molar-refractivity contribution in [3.8, 4) is 0 Å². The maximum absolute atomic E-state index is 11.4. The normalized spacial score (nSPS) is 27.2. The number of hydrogen-bond donors (Lipinski definition) is 0. The number of rotatable bonds is 5. The Balaban J connectivity index is 2.42. The molecule has 0 amide bonds. The molecule has 0 bridgehead atoms. The number of alkyl halides is 1. The maximum atomic E-state index is 11.4. The summed E-state index contributed by atoms with van der Waals surface area (Å²) >= 11 is 3.70. The molecule has 0 spiro atoms. The minimum absolute atomic E-state index is 0.253. The molecule has 5 heteroatoms. The second-order valence-corrected chi connectivity index (χ2v) is 8.23. The summed E-state index contributed by atoms with van der Waals surface area (Å²) < 4.78 is 22.9. The fraction of sp³-hybridized carbons (Fsp3) is 1.00. The quantitative estimate of drug-likeness (QED) is 0.729. The van der Waals surface area contributed by atoms with Gasteiger partial charge in [0.15, 0.2) is 9.84 Å². The van der Waals surface area contributed by atoms with E-state index in [-0.39, 0.29) is 11.5 Å². The van der Waals surface area contributed by atoms with Crippen molar-refractivity contribution in [3.05, 3.63) is 0 Å². The van der Waals surface area contributed by atoms with Gasteiger partial charge >= 0.3 is 0 Å². The molecular formula is C11H22BrNO2S. The van der Waals surface area contributed by atoms with Gasteiger partial charge in [0.05, 0.1) is 5.75 Å². The Morgan fingerprint density at radius 3 is 2.50 bits per heavy atom. The van der Waals surface area contributed by atoms with E-state index in [1.54, 1.807) is 6.92 Å². The zero-order chi connectivity index (χ0) is 12.2. The first kappa shape index (κ1) is 14.5. The molecule has 0 radical (unpaired) electrons. The molecule has 96 valence electrons. The Hall–Kier alpha value is 0.390. The van der Waals surface area contributed by atoms with Crippen molar-refractivity contribution in [3.63, 3.8) is 0 Å². The van der Waals surface area contributed by atoms with E-state index in [9.17, 15) is 8.42 Å². The van der Waals surface area contributed by atoms with Crippen LogP contribution in [0.1, 0.15) is 32.6 Å². The van der Waals surface area contributed by atoms with Crippen LogP contribution in [0.25, 0.3) is 0 Å². The van der Waals surface area contributed by atoms with Gasteiger partial charge in [-0.1, -0.05) is 35.7 Å². The highest BCUT2D eigenvalue weighted by Crippen LogP contribution is 2.27. The van der Waals surface area contributed by atoms with Crippen LogP contribution in [0.5, 0.6) is 0 Å². The Bertz CT molecular complexity index is 305. The van der Waals surface area contributed by atoms with E-state index in [0.29, 0.717) is 17.4 Å². The molecule has 1 saturated carbocycles. The highest BCUT2D eigenvalue weighted by Gasteiger charge is 2.26. The first-order chi connectivity index (χ1) is 7.46. The average Bonchev–Trinajstić information content (AvgIpc) is 2.27. The summed E-state index contributed by atoms with van der Waals surface area (Å²) in [5.41, 5.74) is 0. The minimum atomic E-state index is -2.83. The summed E-state index contributed by atoms with van der Waals surface area (Å²) in [4.78, 5) is 2.72. The van der Waals surface area contributed by atoms with Crippen LogP contribution in [0.15, 0.2) is 0 Å². The molecule has 2 unspecified atom stereocenters. The van der Waals surface area contributed by atoms with Crippen LogP contribution in [-0.4, -0.2) is 49.3 Å². The van der Waals surface area contributed by atoms with Crippen molar-refractivity contribution in [1.82, 2.24) is 4.90 Å². The summed E-state index contributed by atoms with van der Waals surface area (Å²) in [5, 5.41) is 0. The Morgan fingerprint density at radius 2 is 1.94 bits per heavy atom.